The molecule has 2 aliphatic heterocycles. The molecule has 5 heteroatoms. The van der Waals surface area contributed by atoms with E-state index in [1.54, 1.807) is 0 Å². The molecular formula is C113H121BN4. The second-order valence-corrected chi connectivity index (χ2v) is 43.4. The number of nitrogens with zero attached hydrogens (tertiary/aromatic N) is 4. The summed E-state index contributed by atoms with van der Waals surface area (Å²) in [4.78, 5) is 5.59. The second-order valence-electron chi connectivity index (χ2n) is 43.4. The first kappa shape index (κ1) is 79.6. The Bertz CT molecular complexity index is 5710. The maximum atomic E-state index is 2.79. The van der Waals surface area contributed by atoms with Gasteiger partial charge in [-0.2, -0.15) is 0 Å². The first-order valence-corrected chi connectivity index (χ1v) is 43.5. The number of aromatic nitrogens is 2. The van der Waals surface area contributed by atoms with Crippen LogP contribution >= 0.6 is 0 Å². The van der Waals surface area contributed by atoms with Gasteiger partial charge in [0.2, 0.25) is 0 Å². The van der Waals surface area contributed by atoms with Gasteiger partial charge >= 0.3 is 0 Å². The van der Waals surface area contributed by atoms with Crippen LogP contribution in [0.2, 0.25) is 0 Å². The molecule has 0 amide bonds. The Morgan fingerprint density at radius 1 is 0.220 bits per heavy atom. The summed E-state index contributed by atoms with van der Waals surface area (Å²) < 4.78 is 5.22. The molecule has 0 aliphatic carbocycles. The summed E-state index contributed by atoms with van der Waals surface area (Å²) in [5, 5.41) is 5.18. The van der Waals surface area contributed by atoms with Crippen molar-refractivity contribution in [2.45, 2.75) is 190 Å². The normalized spacial score (nSPS) is 13.5. The van der Waals surface area contributed by atoms with Gasteiger partial charge in [0, 0.05) is 77.9 Å². The van der Waals surface area contributed by atoms with Crippen molar-refractivity contribution in [3.8, 4) is 55.9 Å². The third-order valence-corrected chi connectivity index (χ3v) is 23.7. The van der Waals surface area contributed by atoms with E-state index in [0.717, 1.165) is 56.3 Å². The number of hydrogen-bond acceptors (Lipinski definition) is 2. The smallest absolute Gasteiger partial charge is 0.252 e. The minimum Gasteiger partial charge on any atom is -0.310 e. The zero-order chi connectivity index (χ0) is 83.1. The number of fused-ring (bicyclic) bond motifs is 10. The van der Waals surface area contributed by atoms with E-state index in [9.17, 15) is 0 Å². The Hall–Kier alpha value is -10.9. The number of anilines is 6. The minimum absolute atomic E-state index is 0.00137. The van der Waals surface area contributed by atoms with Crippen LogP contribution in [-0.2, 0) is 44.9 Å². The monoisotopic (exact) mass is 1540 g/mol. The van der Waals surface area contributed by atoms with Gasteiger partial charge in [0.05, 0.1) is 33.4 Å². The van der Waals surface area contributed by atoms with E-state index in [1.165, 1.54) is 178 Å². The third kappa shape index (κ3) is 16.1. The van der Waals surface area contributed by atoms with Crippen LogP contribution in [-0.4, -0.2) is 15.8 Å². The van der Waals surface area contributed by atoms with Gasteiger partial charge < -0.3 is 18.9 Å². The molecule has 0 spiro atoms. The van der Waals surface area contributed by atoms with Crippen LogP contribution in [0.25, 0.3) is 99.5 Å². The average molecular weight is 1550 g/mol. The maximum absolute atomic E-state index is 2.79. The maximum Gasteiger partial charge on any atom is 0.252 e. The van der Waals surface area contributed by atoms with E-state index in [4.69, 9.17) is 0 Å². The van der Waals surface area contributed by atoms with Gasteiger partial charge in [-0.15, -0.1) is 0 Å². The molecule has 118 heavy (non-hydrogen) atoms. The number of benzene rings is 13. The van der Waals surface area contributed by atoms with Crippen molar-refractivity contribution in [1.82, 2.24) is 9.13 Å². The van der Waals surface area contributed by atoms with Crippen LogP contribution in [0.1, 0.15) is 184 Å². The summed E-state index contributed by atoms with van der Waals surface area (Å²) in [6.07, 6.45) is 6.54. The lowest BCUT2D eigenvalue weighted by molar-refractivity contribution is 0.411. The standard InChI is InChI=1S/C113H121BN4/c1-107(2,3)66-73-42-50-96-90(54-73)91-55-74(67-108(4,5)6)43-51-97(91)115(96)84-46-48-94-100(64-84)117(105-86(80-34-26-22-27-35-80)58-77(70-111(13,14)15)59-87(105)81-36-28-23-29-37-81)102-62-79(72-113(19,20)21)63-103-104(102)114(94)95-49-47-85(116-98-52-44-75(68-109(7,8)9)56-92(98)93-57-76(45-53-99(93)116)69-110(10,11)12)65-101(95)118(103)106-88(82-38-30-24-31-39-82)60-78(71-112(16,17)18)61-89(106)83-40-32-25-33-41-83/h22-65H,66-72H2,1-21H3. The van der Waals surface area contributed by atoms with Crippen molar-refractivity contribution in [2.75, 3.05) is 9.80 Å². The lowest BCUT2D eigenvalue weighted by Gasteiger charge is -2.46. The summed E-state index contributed by atoms with van der Waals surface area (Å²) in [6, 6.07) is 106. The quantitative estimate of drug-likeness (QED) is 0.0951. The van der Waals surface area contributed by atoms with Crippen LogP contribution in [0.15, 0.2) is 267 Å². The fourth-order valence-corrected chi connectivity index (χ4v) is 19.8. The highest BCUT2D eigenvalue weighted by atomic mass is 15.2. The summed E-state index contributed by atoms with van der Waals surface area (Å²) in [7, 11) is 0. The Labute approximate surface area is 705 Å². The molecule has 0 unspecified atom stereocenters. The second kappa shape index (κ2) is 29.6. The lowest BCUT2D eigenvalue weighted by atomic mass is 9.33. The van der Waals surface area contributed by atoms with Crippen LogP contribution in [0, 0.1) is 37.9 Å². The first-order chi connectivity index (χ1) is 55.8. The number of hydrogen-bond donors (Lipinski definition) is 0. The van der Waals surface area contributed by atoms with Crippen LogP contribution in [0.5, 0.6) is 0 Å². The van der Waals surface area contributed by atoms with E-state index in [-0.39, 0.29) is 44.6 Å². The van der Waals surface area contributed by atoms with Gasteiger partial charge in [-0.25, -0.2) is 0 Å². The molecule has 2 aliphatic rings. The summed E-state index contributed by atoms with van der Waals surface area (Å²) >= 11 is 0. The molecule has 596 valence electrons. The molecule has 15 aromatic rings. The van der Waals surface area contributed by atoms with Gasteiger partial charge in [-0.1, -0.05) is 303 Å². The lowest BCUT2D eigenvalue weighted by Crippen LogP contribution is -2.61. The predicted molar refractivity (Wildman–Crippen MR) is 513 cm³/mol. The molecule has 0 bridgehead atoms. The van der Waals surface area contributed by atoms with Gasteiger partial charge in [0.25, 0.3) is 6.71 Å². The third-order valence-electron chi connectivity index (χ3n) is 23.7. The largest absolute Gasteiger partial charge is 0.310 e. The summed E-state index contributed by atoms with van der Waals surface area (Å²) in [5.41, 5.74) is 37.2. The van der Waals surface area contributed by atoms with Gasteiger partial charge in [0.15, 0.2) is 0 Å². The van der Waals surface area contributed by atoms with E-state index in [0.29, 0.717) is 0 Å². The Balaban J connectivity index is 1.05. The first-order valence-electron chi connectivity index (χ1n) is 43.5. The van der Waals surface area contributed by atoms with Crippen LogP contribution < -0.4 is 26.2 Å². The van der Waals surface area contributed by atoms with E-state index in [1.807, 2.05) is 0 Å². The van der Waals surface area contributed by atoms with Crippen molar-refractivity contribution < 1.29 is 0 Å². The molecule has 4 heterocycles. The zero-order valence-corrected chi connectivity index (χ0v) is 74.2. The average Bonchev–Trinajstić information content (AvgIpc) is 0.715. The molecule has 17 rings (SSSR count). The van der Waals surface area contributed by atoms with E-state index in [2.05, 4.69) is 431 Å². The van der Waals surface area contributed by atoms with Gasteiger partial charge in [0.1, 0.15) is 0 Å². The molecule has 0 atom stereocenters. The number of rotatable bonds is 15. The molecule has 0 saturated carbocycles. The topological polar surface area (TPSA) is 16.3 Å². The van der Waals surface area contributed by atoms with Crippen molar-refractivity contribution in [3.63, 3.8) is 0 Å². The Kier molecular flexibility index (Phi) is 19.9. The van der Waals surface area contributed by atoms with Gasteiger partial charge in [-0.3, -0.25) is 0 Å². The molecule has 0 radical (unpaired) electrons. The van der Waals surface area contributed by atoms with Crippen molar-refractivity contribution in [1.29, 1.82) is 0 Å². The Morgan fingerprint density at radius 3 is 0.703 bits per heavy atom. The van der Waals surface area contributed by atoms with E-state index < -0.39 is 0 Å². The minimum atomic E-state index is -0.244. The van der Waals surface area contributed by atoms with Crippen LogP contribution in [0.4, 0.5) is 34.1 Å². The molecule has 0 N–H and O–H groups in total. The highest BCUT2D eigenvalue weighted by Gasteiger charge is 2.47. The molecule has 2 aromatic heterocycles. The van der Waals surface area contributed by atoms with E-state index >= 15 is 0 Å². The summed E-state index contributed by atoms with van der Waals surface area (Å²) in [6.45, 7) is 49.8. The van der Waals surface area contributed by atoms with Crippen molar-refractivity contribution in [2.24, 2.45) is 37.9 Å². The molecule has 0 fully saturated rings. The van der Waals surface area contributed by atoms with Gasteiger partial charge in [-0.05, 0) is 270 Å². The predicted octanol–water partition coefficient (Wildman–Crippen LogP) is 29.8. The Morgan fingerprint density at radius 2 is 0.458 bits per heavy atom. The van der Waals surface area contributed by atoms with Crippen LogP contribution in [0.3, 0.4) is 0 Å². The summed E-state index contributed by atoms with van der Waals surface area (Å²) in [5.74, 6) is 0. The SMILES string of the molecule is CC(C)(C)Cc1cc(-c2ccccc2)c(N2c3cc(-n4c5ccc(CC(C)(C)C)cc5c5cc(CC(C)(C)C)ccc54)ccc3B3c4ccc(-n5c6ccc(CC(C)(C)C)cc6c6cc(CC(C)(C)C)ccc65)cc4N(c4c(-c5ccccc5)cc(CC(C)(C)C)cc4-c4ccccc4)c4cc(CC(C)(C)C)cc2c43)c(-c2ccccc2)c1. The fourth-order valence-electron chi connectivity index (χ4n) is 19.8. The molecular weight excluding hydrogens is 1420 g/mol. The molecule has 0 saturated heterocycles. The molecule has 4 nitrogen and oxygen atoms in total. The highest BCUT2D eigenvalue weighted by molar-refractivity contribution is 7.00. The fraction of sp³-hybridized carbons (Fsp3) is 0.310. The highest BCUT2D eigenvalue weighted by Crippen LogP contribution is 2.56. The molecule has 13 aromatic carbocycles. The van der Waals surface area contributed by atoms with Crippen molar-refractivity contribution in [3.05, 3.63) is 306 Å². The zero-order valence-electron chi connectivity index (χ0n) is 74.2. The van der Waals surface area contributed by atoms with Crippen molar-refractivity contribution >= 4 is 101 Å².